The molecule has 0 amide bonds. The summed E-state index contributed by atoms with van der Waals surface area (Å²) < 4.78 is 5.94. The second-order valence-electron chi connectivity index (χ2n) is 7.89. The number of nitrogens with zero attached hydrogens (tertiary/aromatic N) is 2. The van der Waals surface area contributed by atoms with E-state index in [-0.39, 0.29) is 0 Å². The molecule has 4 bridgehead atoms. The van der Waals surface area contributed by atoms with E-state index in [1.807, 2.05) is 0 Å². The Balaban J connectivity index is 1.39. The Labute approximate surface area is 141 Å². The average molecular weight is 328 g/mol. The van der Waals surface area contributed by atoms with Crippen LogP contribution in [0.1, 0.15) is 43.6 Å². The standard InChI is InChI=1S/C19H24N2OS/c1-12-18(20-19(22-12)16-2-3-23-11-16)10-21-9-15-5-13-4-14(6-15)8-17(21)7-13/h2-3,11,13-15,17H,4-10H2,1H3/t13-,14+,15?,17?. The van der Waals surface area contributed by atoms with E-state index in [9.17, 15) is 0 Å². The Hall–Kier alpha value is -1.13. The lowest BCUT2D eigenvalue weighted by molar-refractivity contribution is 0.121. The van der Waals surface area contributed by atoms with Crippen LogP contribution in [0.5, 0.6) is 0 Å². The van der Waals surface area contributed by atoms with Gasteiger partial charge in [-0.3, -0.25) is 4.90 Å². The molecular weight excluding hydrogens is 304 g/mol. The number of aromatic nitrogens is 1. The van der Waals surface area contributed by atoms with Gasteiger partial charge in [0.05, 0.1) is 5.69 Å². The summed E-state index contributed by atoms with van der Waals surface area (Å²) in [6.07, 6.45) is 7.29. The SMILES string of the molecule is Cc1oc(-c2ccsc2)nc1CN1CC2C[C@@H]3CC1C[C@H](C2)C3. The van der Waals surface area contributed by atoms with Crippen molar-refractivity contribution in [3.05, 3.63) is 28.3 Å². The lowest BCUT2D eigenvalue weighted by atomic mass is 9.68. The van der Waals surface area contributed by atoms with Crippen molar-refractivity contribution in [2.75, 3.05) is 6.54 Å². The second kappa shape index (κ2) is 5.45. The molecule has 4 heterocycles. The van der Waals surface area contributed by atoms with E-state index >= 15 is 0 Å². The summed E-state index contributed by atoms with van der Waals surface area (Å²) in [6.45, 7) is 4.32. The van der Waals surface area contributed by atoms with Crippen molar-refractivity contribution in [3.8, 4) is 11.5 Å². The monoisotopic (exact) mass is 328 g/mol. The fourth-order valence-corrected chi connectivity index (χ4v) is 5.98. The third-order valence-corrected chi connectivity index (χ3v) is 6.92. The fourth-order valence-electron chi connectivity index (χ4n) is 5.35. The van der Waals surface area contributed by atoms with Crippen LogP contribution in [0.2, 0.25) is 0 Å². The first-order valence-corrected chi connectivity index (χ1v) is 9.92. The first-order chi connectivity index (χ1) is 11.2. The lowest BCUT2D eigenvalue weighted by Gasteiger charge is -2.39. The molecule has 2 aromatic rings. The van der Waals surface area contributed by atoms with E-state index in [0.29, 0.717) is 0 Å². The second-order valence-corrected chi connectivity index (χ2v) is 8.67. The zero-order chi connectivity index (χ0) is 15.4. The highest BCUT2D eigenvalue weighted by molar-refractivity contribution is 7.08. The highest BCUT2D eigenvalue weighted by Crippen LogP contribution is 2.47. The maximum Gasteiger partial charge on any atom is 0.227 e. The van der Waals surface area contributed by atoms with E-state index in [4.69, 9.17) is 9.40 Å². The Kier molecular flexibility index (Phi) is 3.37. The molecule has 2 saturated carbocycles. The van der Waals surface area contributed by atoms with Crippen LogP contribution < -0.4 is 0 Å². The van der Waals surface area contributed by atoms with Gasteiger partial charge in [0.2, 0.25) is 5.89 Å². The molecule has 0 N–H and O–H groups in total. The van der Waals surface area contributed by atoms with Gasteiger partial charge in [-0.15, -0.1) is 0 Å². The summed E-state index contributed by atoms with van der Waals surface area (Å²) in [7, 11) is 0. The number of hydrogen-bond acceptors (Lipinski definition) is 4. The number of aryl methyl sites for hydroxylation is 1. The van der Waals surface area contributed by atoms with Gasteiger partial charge in [-0.1, -0.05) is 0 Å². The molecule has 4 fully saturated rings. The largest absolute Gasteiger partial charge is 0.441 e. The molecule has 122 valence electrons. The predicted molar refractivity (Wildman–Crippen MR) is 92.3 cm³/mol. The molecule has 23 heavy (non-hydrogen) atoms. The minimum Gasteiger partial charge on any atom is -0.441 e. The molecule has 2 aliphatic heterocycles. The number of rotatable bonds is 3. The van der Waals surface area contributed by atoms with Crippen LogP contribution in [0.3, 0.4) is 0 Å². The molecule has 4 atom stereocenters. The van der Waals surface area contributed by atoms with Gasteiger partial charge < -0.3 is 4.42 Å². The molecular formula is C19H24N2OS. The minimum atomic E-state index is 0.784. The summed E-state index contributed by atoms with van der Waals surface area (Å²) in [5.74, 6) is 4.72. The maximum absolute atomic E-state index is 5.94. The van der Waals surface area contributed by atoms with Crippen LogP contribution in [0.25, 0.3) is 11.5 Å². The summed E-state index contributed by atoms with van der Waals surface area (Å²) >= 11 is 1.70. The molecule has 4 heteroatoms. The topological polar surface area (TPSA) is 29.3 Å². The molecule has 0 radical (unpaired) electrons. The molecule has 3 nitrogen and oxygen atoms in total. The number of thiophene rings is 1. The Morgan fingerprint density at radius 2 is 1.96 bits per heavy atom. The van der Waals surface area contributed by atoms with Gasteiger partial charge in [-0.2, -0.15) is 11.3 Å². The number of oxazole rings is 1. The predicted octanol–water partition coefficient (Wildman–Crippen LogP) is 4.72. The Morgan fingerprint density at radius 3 is 2.70 bits per heavy atom. The molecule has 6 rings (SSSR count). The summed E-state index contributed by atoms with van der Waals surface area (Å²) in [6, 6.07) is 2.87. The van der Waals surface area contributed by atoms with Gasteiger partial charge in [-0.25, -0.2) is 4.98 Å². The van der Waals surface area contributed by atoms with Gasteiger partial charge in [0.1, 0.15) is 5.76 Å². The Morgan fingerprint density at radius 1 is 1.17 bits per heavy atom. The van der Waals surface area contributed by atoms with Crippen molar-refractivity contribution in [2.45, 2.75) is 51.6 Å². The van der Waals surface area contributed by atoms with Crippen molar-refractivity contribution in [1.29, 1.82) is 0 Å². The molecule has 2 aromatic heterocycles. The summed E-state index contributed by atoms with van der Waals surface area (Å²) in [4.78, 5) is 7.55. The van der Waals surface area contributed by atoms with Crippen molar-refractivity contribution >= 4 is 11.3 Å². The molecule has 4 aliphatic rings. The van der Waals surface area contributed by atoms with Crippen LogP contribution >= 0.6 is 11.3 Å². The van der Waals surface area contributed by atoms with Crippen molar-refractivity contribution in [3.63, 3.8) is 0 Å². The van der Waals surface area contributed by atoms with Gasteiger partial charge in [0.15, 0.2) is 0 Å². The van der Waals surface area contributed by atoms with Crippen LogP contribution in [-0.2, 0) is 6.54 Å². The lowest BCUT2D eigenvalue weighted by Crippen LogP contribution is -2.37. The zero-order valence-corrected chi connectivity index (χ0v) is 14.5. The molecule has 2 aliphatic carbocycles. The minimum absolute atomic E-state index is 0.784. The number of hydrogen-bond donors (Lipinski definition) is 0. The average Bonchev–Trinajstić information content (AvgIpc) is 3.11. The molecule has 2 unspecified atom stereocenters. The van der Waals surface area contributed by atoms with E-state index in [2.05, 4.69) is 28.7 Å². The van der Waals surface area contributed by atoms with E-state index in [1.165, 1.54) is 38.6 Å². The molecule has 0 aromatic carbocycles. The smallest absolute Gasteiger partial charge is 0.227 e. The van der Waals surface area contributed by atoms with Gasteiger partial charge in [0, 0.05) is 30.1 Å². The third kappa shape index (κ3) is 2.56. The molecule has 0 spiro atoms. The highest BCUT2D eigenvalue weighted by Gasteiger charge is 2.42. The van der Waals surface area contributed by atoms with Crippen LogP contribution in [0, 0.1) is 24.7 Å². The van der Waals surface area contributed by atoms with Crippen LogP contribution in [0.4, 0.5) is 0 Å². The van der Waals surface area contributed by atoms with Crippen LogP contribution in [-0.4, -0.2) is 22.5 Å². The van der Waals surface area contributed by atoms with Crippen molar-refractivity contribution in [2.24, 2.45) is 17.8 Å². The summed E-state index contributed by atoms with van der Waals surface area (Å²) in [5.41, 5.74) is 2.26. The van der Waals surface area contributed by atoms with E-state index in [0.717, 1.165) is 53.2 Å². The molecule has 2 saturated heterocycles. The third-order valence-electron chi connectivity index (χ3n) is 6.23. The summed E-state index contributed by atoms with van der Waals surface area (Å²) in [5, 5.41) is 4.19. The van der Waals surface area contributed by atoms with Crippen molar-refractivity contribution in [1.82, 2.24) is 9.88 Å². The van der Waals surface area contributed by atoms with E-state index < -0.39 is 0 Å². The number of fused-ring (bicyclic) bond motifs is 1. The van der Waals surface area contributed by atoms with Gasteiger partial charge >= 0.3 is 0 Å². The van der Waals surface area contributed by atoms with E-state index in [1.54, 1.807) is 11.3 Å². The maximum atomic E-state index is 5.94. The fraction of sp³-hybridized carbons (Fsp3) is 0.632. The van der Waals surface area contributed by atoms with Crippen molar-refractivity contribution < 1.29 is 4.42 Å². The zero-order valence-electron chi connectivity index (χ0n) is 13.7. The van der Waals surface area contributed by atoms with Crippen LogP contribution in [0.15, 0.2) is 21.2 Å². The first kappa shape index (κ1) is 14.2. The highest BCUT2D eigenvalue weighted by atomic mass is 32.1. The normalized spacial score (nSPS) is 33.3. The van der Waals surface area contributed by atoms with Gasteiger partial charge in [-0.05, 0) is 68.2 Å². The van der Waals surface area contributed by atoms with Gasteiger partial charge in [0.25, 0.3) is 0 Å². The Bertz CT molecular complexity index is 678. The quantitative estimate of drug-likeness (QED) is 0.816. The first-order valence-electron chi connectivity index (χ1n) is 8.97.